The monoisotopic (exact) mass is 196 g/mol. The summed E-state index contributed by atoms with van der Waals surface area (Å²) in [5.41, 5.74) is 3.41. The maximum Gasteiger partial charge on any atom is 0.171 e. The van der Waals surface area contributed by atoms with Crippen LogP contribution in [0.15, 0.2) is 11.1 Å². The van der Waals surface area contributed by atoms with Crippen molar-refractivity contribution in [2.45, 2.75) is 51.8 Å². The van der Waals surface area contributed by atoms with Crippen LogP contribution in [0.4, 0.5) is 0 Å². The second-order valence-electron chi connectivity index (χ2n) is 4.77. The molecule has 2 aliphatic carbocycles. The first-order chi connectivity index (χ1) is 6.16. The zero-order valence-electron chi connectivity index (χ0n) is 8.97. The molecule has 0 aromatic heterocycles. The topological polar surface area (TPSA) is 9.23 Å². The van der Waals surface area contributed by atoms with Crippen molar-refractivity contribution >= 4 is 9.04 Å². The van der Waals surface area contributed by atoms with Gasteiger partial charge in [0.25, 0.3) is 0 Å². The molecule has 0 amide bonds. The molecule has 0 aliphatic heterocycles. The van der Waals surface area contributed by atoms with Gasteiger partial charge in [-0.3, -0.25) is 0 Å². The van der Waals surface area contributed by atoms with E-state index in [9.17, 15) is 0 Å². The highest BCUT2D eigenvalue weighted by Crippen LogP contribution is 2.45. The molecule has 74 valence electrons. The number of hydrogen-bond acceptors (Lipinski definition) is 1. The molecule has 0 spiro atoms. The predicted molar refractivity (Wildman–Crippen MR) is 58.4 cm³/mol. The molecule has 0 aromatic carbocycles. The minimum Gasteiger partial charge on any atom is -0.414 e. The number of rotatable bonds is 3. The molecule has 13 heavy (non-hydrogen) atoms. The maximum absolute atomic E-state index is 5.97. The van der Waals surface area contributed by atoms with E-state index >= 15 is 0 Å². The SMILES string of the molecule is CC(O[SiH](C)C)C1=C2CCC(C2)C1. The highest BCUT2D eigenvalue weighted by molar-refractivity contribution is 6.48. The number of hydrogen-bond donors (Lipinski definition) is 0. The Morgan fingerprint density at radius 2 is 2.15 bits per heavy atom. The normalized spacial score (nSPS) is 29.1. The Morgan fingerprint density at radius 1 is 1.38 bits per heavy atom. The fourth-order valence-corrected chi connectivity index (χ4v) is 3.78. The third kappa shape index (κ3) is 1.89. The van der Waals surface area contributed by atoms with Crippen LogP contribution in [-0.4, -0.2) is 15.1 Å². The van der Waals surface area contributed by atoms with Crippen LogP contribution in [0, 0.1) is 5.92 Å². The van der Waals surface area contributed by atoms with Crippen molar-refractivity contribution in [1.82, 2.24) is 0 Å². The summed E-state index contributed by atoms with van der Waals surface area (Å²) in [5, 5.41) is 0. The van der Waals surface area contributed by atoms with Crippen molar-refractivity contribution in [1.29, 1.82) is 0 Å². The third-order valence-corrected chi connectivity index (χ3v) is 4.27. The molecule has 0 N–H and O–H groups in total. The second kappa shape index (κ2) is 3.58. The van der Waals surface area contributed by atoms with E-state index in [1.165, 1.54) is 25.7 Å². The smallest absolute Gasteiger partial charge is 0.171 e. The van der Waals surface area contributed by atoms with E-state index in [1.54, 1.807) is 11.1 Å². The molecule has 1 fully saturated rings. The summed E-state index contributed by atoms with van der Waals surface area (Å²) in [6.45, 7) is 6.76. The minimum atomic E-state index is -0.842. The fourth-order valence-electron chi connectivity index (χ4n) is 2.80. The first kappa shape index (κ1) is 9.47. The van der Waals surface area contributed by atoms with Gasteiger partial charge >= 0.3 is 0 Å². The Balaban J connectivity index is 2.01. The molecule has 2 heteroatoms. The van der Waals surface area contributed by atoms with Crippen molar-refractivity contribution in [3.63, 3.8) is 0 Å². The average molecular weight is 196 g/mol. The maximum atomic E-state index is 5.97. The molecule has 2 bridgehead atoms. The second-order valence-corrected chi connectivity index (χ2v) is 7.14. The lowest BCUT2D eigenvalue weighted by atomic mass is 9.96. The average Bonchev–Trinajstić information content (AvgIpc) is 2.62. The molecular weight excluding hydrogens is 176 g/mol. The highest BCUT2D eigenvalue weighted by Gasteiger charge is 2.32. The van der Waals surface area contributed by atoms with E-state index < -0.39 is 9.04 Å². The van der Waals surface area contributed by atoms with Crippen LogP contribution >= 0.6 is 0 Å². The van der Waals surface area contributed by atoms with Crippen LogP contribution in [0.5, 0.6) is 0 Å². The summed E-state index contributed by atoms with van der Waals surface area (Å²) < 4.78 is 5.97. The van der Waals surface area contributed by atoms with Gasteiger partial charge in [0.2, 0.25) is 0 Å². The third-order valence-electron chi connectivity index (χ3n) is 3.32. The van der Waals surface area contributed by atoms with Gasteiger partial charge in [0.15, 0.2) is 9.04 Å². The summed E-state index contributed by atoms with van der Waals surface area (Å²) >= 11 is 0. The van der Waals surface area contributed by atoms with Crippen molar-refractivity contribution in [3.8, 4) is 0 Å². The Hall–Kier alpha value is -0.0831. The van der Waals surface area contributed by atoms with Gasteiger partial charge in [0.05, 0.1) is 6.10 Å². The van der Waals surface area contributed by atoms with Crippen LogP contribution < -0.4 is 0 Å². The van der Waals surface area contributed by atoms with E-state index in [0.717, 1.165) is 5.92 Å². The number of allylic oxidation sites excluding steroid dienone is 1. The molecule has 1 nitrogen and oxygen atoms in total. The van der Waals surface area contributed by atoms with Gasteiger partial charge in [-0.25, -0.2) is 0 Å². The first-order valence-electron chi connectivity index (χ1n) is 5.53. The molecule has 1 saturated carbocycles. The fraction of sp³-hybridized carbons (Fsp3) is 0.818. The van der Waals surface area contributed by atoms with Crippen LogP contribution in [0.1, 0.15) is 32.6 Å². The summed E-state index contributed by atoms with van der Waals surface area (Å²) in [7, 11) is -0.842. The van der Waals surface area contributed by atoms with Gasteiger partial charge in [-0.2, -0.15) is 0 Å². The van der Waals surface area contributed by atoms with Crippen LogP contribution in [0.3, 0.4) is 0 Å². The molecular formula is C11H20OSi. The van der Waals surface area contributed by atoms with Crippen molar-refractivity contribution in [2.24, 2.45) is 5.92 Å². The molecule has 0 aromatic rings. The number of fused-ring (bicyclic) bond motifs is 2. The Bertz CT molecular complexity index is 232. The Morgan fingerprint density at radius 3 is 2.62 bits per heavy atom. The van der Waals surface area contributed by atoms with Crippen molar-refractivity contribution in [2.75, 3.05) is 0 Å². The van der Waals surface area contributed by atoms with Gasteiger partial charge in [-0.1, -0.05) is 5.57 Å². The molecule has 2 unspecified atom stereocenters. The molecule has 2 atom stereocenters. The van der Waals surface area contributed by atoms with Crippen LogP contribution in [-0.2, 0) is 4.43 Å². The lowest BCUT2D eigenvalue weighted by molar-refractivity contribution is 0.253. The summed E-state index contributed by atoms with van der Waals surface area (Å²) in [4.78, 5) is 0. The lowest BCUT2D eigenvalue weighted by Gasteiger charge is -2.21. The van der Waals surface area contributed by atoms with Crippen molar-refractivity contribution < 1.29 is 4.43 Å². The van der Waals surface area contributed by atoms with Gasteiger partial charge in [-0.15, -0.1) is 0 Å². The zero-order chi connectivity index (χ0) is 9.42. The largest absolute Gasteiger partial charge is 0.414 e. The first-order valence-corrected chi connectivity index (χ1v) is 8.31. The van der Waals surface area contributed by atoms with E-state index in [2.05, 4.69) is 20.0 Å². The molecule has 2 rings (SSSR count). The molecule has 2 aliphatic rings. The van der Waals surface area contributed by atoms with Gasteiger partial charge < -0.3 is 4.43 Å². The highest BCUT2D eigenvalue weighted by atomic mass is 28.3. The van der Waals surface area contributed by atoms with Gasteiger partial charge in [0, 0.05) is 0 Å². The van der Waals surface area contributed by atoms with Gasteiger partial charge in [-0.05, 0) is 57.2 Å². The Labute approximate surface area is 82.9 Å². The standard InChI is InChI=1S/C11H20OSi/c1-8(12-13(2)3)11-7-9-4-5-10(11)6-9/h8-9,13H,4-7H2,1-3H3. The van der Waals surface area contributed by atoms with E-state index in [4.69, 9.17) is 4.43 Å². The van der Waals surface area contributed by atoms with Crippen molar-refractivity contribution in [3.05, 3.63) is 11.1 Å². The zero-order valence-corrected chi connectivity index (χ0v) is 10.1. The van der Waals surface area contributed by atoms with E-state index in [0.29, 0.717) is 6.10 Å². The van der Waals surface area contributed by atoms with Crippen LogP contribution in [0.25, 0.3) is 0 Å². The van der Waals surface area contributed by atoms with Gasteiger partial charge in [0.1, 0.15) is 0 Å². The molecule has 0 saturated heterocycles. The lowest BCUT2D eigenvalue weighted by Crippen LogP contribution is -2.20. The summed E-state index contributed by atoms with van der Waals surface area (Å²) in [6.07, 6.45) is 5.99. The quantitative estimate of drug-likeness (QED) is 0.498. The van der Waals surface area contributed by atoms with Crippen LogP contribution in [0.2, 0.25) is 13.1 Å². The predicted octanol–water partition coefficient (Wildman–Crippen LogP) is 2.88. The van der Waals surface area contributed by atoms with E-state index in [1.807, 2.05) is 0 Å². The minimum absolute atomic E-state index is 0.437. The summed E-state index contributed by atoms with van der Waals surface area (Å²) in [5.74, 6) is 0.991. The Kier molecular flexibility index (Phi) is 2.61. The molecule has 0 heterocycles. The van der Waals surface area contributed by atoms with E-state index in [-0.39, 0.29) is 0 Å². The summed E-state index contributed by atoms with van der Waals surface area (Å²) in [6, 6.07) is 0. The molecule has 0 radical (unpaired) electrons.